The Bertz CT molecular complexity index is 307. The Morgan fingerprint density at radius 1 is 1.25 bits per heavy atom. The fourth-order valence-electron chi connectivity index (χ4n) is 1.88. The summed E-state index contributed by atoms with van der Waals surface area (Å²) in [5, 5.41) is 9.08. The van der Waals surface area contributed by atoms with Crippen molar-refractivity contribution in [3.63, 3.8) is 0 Å². The van der Waals surface area contributed by atoms with Crippen molar-refractivity contribution in [2.75, 3.05) is 0 Å². The number of aliphatic hydroxyl groups excluding tert-OH is 1. The summed E-state index contributed by atoms with van der Waals surface area (Å²) in [4.78, 5) is 0. The first-order chi connectivity index (χ1) is 5.83. The minimum atomic E-state index is 0.176. The Hall–Kier alpha value is -0.340. The van der Waals surface area contributed by atoms with E-state index in [-0.39, 0.29) is 6.61 Å². The number of halogens is 1. The molecule has 0 saturated heterocycles. The molecule has 0 aliphatic heterocycles. The van der Waals surface area contributed by atoms with Crippen LogP contribution in [0.15, 0.2) is 16.6 Å². The Kier molecular flexibility index (Phi) is 2.20. The largest absolute Gasteiger partial charge is 0.392 e. The van der Waals surface area contributed by atoms with Gasteiger partial charge in [0.25, 0.3) is 0 Å². The van der Waals surface area contributed by atoms with Crippen molar-refractivity contribution < 1.29 is 5.11 Å². The van der Waals surface area contributed by atoms with Crippen molar-refractivity contribution >= 4 is 15.9 Å². The molecule has 0 bridgehead atoms. The average Bonchev–Trinajstić information content (AvgIpc) is 2.54. The van der Waals surface area contributed by atoms with E-state index in [1.165, 1.54) is 22.0 Å². The normalized spacial score (nSPS) is 14.8. The fraction of sp³-hybridized carbons (Fsp3) is 0.400. The van der Waals surface area contributed by atoms with Gasteiger partial charge in [0, 0.05) is 4.47 Å². The minimum absolute atomic E-state index is 0.176. The highest BCUT2D eigenvalue weighted by Gasteiger charge is 2.16. The van der Waals surface area contributed by atoms with Crippen molar-refractivity contribution in [1.82, 2.24) is 0 Å². The van der Waals surface area contributed by atoms with Crippen LogP contribution in [-0.4, -0.2) is 5.11 Å². The third-order valence-corrected chi connectivity index (χ3v) is 3.24. The van der Waals surface area contributed by atoms with Gasteiger partial charge in [-0.3, -0.25) is 0 Å². The van der Waals surface area contributed by atoms with Crippen LogP contribution in [0.25, 0.3) is 0 Å². The molecule has 0 aromatic heterocycles. The van der Waals surface area contributed by atoms with Crippen molar-refractivity contribution in [3.05, 3.63) is 33.3 Å². The lowest BCUT2D eigenvalue weighted by atomic mass is 10.0. The van der Waals surface area contributed by atoms with Crippen LogP contribution in [0.2, 0.25) is 0 Å². The van der Waals surface area contributed by atoms with E-state index in [1.807, 2.05) is 12.1 Å². The predicted molar refractivity (Wildman–Crippen MR) is 52.1 cm³/mol. The summed E-state index contributed by atoms with van der Waals surface area (Å²) in [5.74, 6) is 0. The number of aliphatic hydroxyl groups is 1. The van der Waals surface area contributed by atoms with Gasteiger partial charge in [-0.05, 0) is 42.0 Å². The number of hydrogen-bond acceptors (Lipinski definition) is 1. The lowest BCUT2D eigenvalue weighted by Crippen LogP contribution is -1.93. The zero-order valence-electron chi connectivity index (χ0n) is 6.81. The summed E-state index contributed by atoms with van der Waals surface area (Å²) in [7, 11) is 0. The molecule has 2 heteroatoms. The van der Waals surface area contributed by atoms with Crippen LogP contribution in [0.1, 0.15) is 23.1 Å². The molecule has 12 heavy (non-hydrogen) atoms. The molecule has 64 valence electrons. The third kappa shape index (κ3) is 1.19. The van der Waals surface area contributed by atoms with E-state index in [9.17, 15) is 0 Å². The summed E-state index contributed by atoms with van der Waals surface area (Å²) in [6, 6.07) is 4.05. The van der Waals surface area contributed by atoms with E-state index >= 15 is 0 Å². The molecule has 1 nitrogen and oxygen atoms in total. The quantitative estimate of drug-likeness (QED) is 0.781. The van der Waals surface area contributed by atoms with Crippen LogP contribution in [0.5, 0.6) is 0 Å². The topological polar surface area (TPSA) is 20.2 Å². The summed E-state index contributed by atoms with van der Waals surface area (Å²) < 4.78 is 1.20. The predicted octanol–water partition coefficient (Wildman–Crippen LogP) is 2.43. The number of rotatable bonds is 1. The van der Waals surface area contributed by atoms with Gasteiger partial charge in [0.05, 0.1) is 6.61 Å². The second kappa shape index (κ2) is 3.19. The maximum atomic E-state index is 9.08. The summed E-state index contributed by atoms with van der Waals surface area (Å²) >= 11 is 3.53. The monoisotopic (exact) mass is 226 g/mol. The highest BCUT2D eigenvalue weighted by atomic mass is 79.9. The molecule has 0 radical (unpaired) electrons. The summed E-state index contributed by atoms with van der Waals surface area (Å²) in [6.45, 7) is 0.176. The second-order valence-electron chi connectivity index (χ2n) is 3.18. The highest BCUT2D eigenvalue weighted by Crippen LogP contribution is 2.31. The Morgan fingerprint density at radius 3 is 2.75 bits per heavy atom. The van der Waals surface area contributed by atoms with E-state index in [0.717, 1.165) is 18.4 Å². The molecule has 0 fully saturated rings. The van der Waals surface area contributed by atoms with Crippen molar-refractivity contribution in [3.8, 4) is 0 Å². The van der Waals surface area contributed by atoms with E-state index < -0.39 is 0 Å². The lowest BCUT2D eigenvalue weighted by molar-refractivity contribution is 0.280. The smallest absolute Gasteiger partial charge is 0.0684 e. The van der Waals surface area contributed by atoms with Crippen LogP contribution in [0.4, 0.5) is 0 Å². The van der Waals surface area contributed by atoms with E-state index in [4.69, 9.17) is 5.11 Å². The van der Waals surface area contributed by atoms with Crippen LogP contribution in [0, 0.1) is 0 Å². The van der Waals surface area contributed by atoms with Gasteiger partial charge in [0.15, 0.2) is 0 Å². The van der Waals surface area contributed by atoms with Gasteiger partial charge in [0.1, 0.15) is 0 Å². The Labute approximate surface area is 80.5 Å². The minimum Gasteiger partial charge on any atom is -0.392 e. The van der Waals surface area contributed by atoms with Gasteiger partial charge in [-0.2, -0.15) is 0 Å². The van der Waals surface area contributed by atoms with Gasteiger partial charge >= 0.3 is 0 Å². The molecular weight excluding hydrogens is 216 g/mol. The number of fused-ring (bicyclic) bond motifs is 1. The molecule has 1 aliphatic carbocycles. The molecule has 1 aliphatic rings. The second-order valence-corrected chi connectivity index (χ2v) is 4.03. The first kappa shape index (κ1) is 8.27. The van der Waals surface area contributed by atoms with Gasteiger partial charge in [0.2, 0.25) is 0 Å². The van der Waals surface area contributed by atoms with Crippen LogP contribution in [0.3, 0.4) is 0 Å². The zero-order chi connectivity index (χ0) is 8.55. The van der Waals surface area contributed by atoms with Crippen LogP contribution < -0.4 is 0 Å². The number of benzene rings is 1. The zero-order valence-corrected chi connectivity index (χ0v) is 8.39. The maximum Gasteiger partial charge on any atom is 0.0684 e. The number of hydrogen-bond donors (Lipinski definition) is 1. The molecule has 0 spiro atoms. The molecule has 2 rings (SSSR count). The molecule has 0 unspecified atom stereocenters. The Balaban J connectivity index is 2.57. The average molecular weight is 227 g/mol. The van der Waals surface area contributed by atoms with E-state index in [2.05, 4.69) is 15.9 Å². The fourth-order valence-corrected chi connectivity index (χ4v) is 2.45. The van der Waals surface area contributed by atoms with Crippen molar-refractivity contribution in [2.45, 2.75) is 25.9 Å². The molecule has 1 aromatic carbocycles. The van der Waals surface area contributed by atoms with Gasteiger partial charge in [-0.15, -0.1) is 0 Å². The SMILES string of the molecule is OCc1ccc(Br)c2c1CCC2. The molecule has 1 aromatic rings. The molecule has 0 heterocycles. The van der Waals surface area contributed by atoms with Crippen LogP contribution >= 0.6 is 15.9 Å². The van der Waals surface area contributed by atoms with Crippen molar-refractivity contribution in [1.29, 1.82) is 0 Å². The summed E-state index contributed by atoms with van der Waals surface area (Å²) in [5.41, 5.74) is 3.87. The molecule has 0 amide bonds. The maximum absolute atomic E-state index is 9.08. The van der Waals surface area contributed by atoms with Gasteiger partial charge in [-0.25, -0.2) is 0 Å². The van der Waals surface area contributed by atoms with E-state index in [1.54, 1.807) is 0 Å². The lowest BCUT2D eigenvalue weighted by Gasteiger charge is -2.06. The standard InChI is InChI=1S/C10H11BrO/c11-10-5-4-7(6-12)8-2-1-3-9(8)10/h4-5,12H,1-3,6H2. The van der Waals surface area contributed by atoms with Gasteiger partial charge in [-0.1, -0.05) is 22.0 Å². The molecule has 1 N–H and O–H groups in total. The van der Waals surface area contributed by atoms with Crippen molar-refractivity contribution in [2.24, 2.45) is 0 Å². The first-order valence-corrected chi connectivity index (χ1v) is 5.02. The van der Waals surface area contributed by atoms with Gasteiger partial charge < -0.3 is 5.11 Å². The molecular formula is C10H11BrO. The first-order valence-electron chi connectivity index (χ1n) is 4.23. The van der Waals surface area contributed by atoms with E-state index in [0.29, 0.717) is 0 Å². The Morgan fingerprint density at radius 2 is 2.00 bits per heavy atom. The third-order valence-electron chi connectivity index (χ3n) is 2.49. The highest BCUT2D eigenvalue weighted by molar-refractivity contribution is 9.10. The van der Waals surface area contributed by atoms with Crippen LogP contribution in [-0.2, 0) is 19.4 Å². The molecule has 0 saturated carbocycles. The summed E-state index contributed by atoms with van der Waals surface area (Å²) in [6.07, 6.45) is 3.51. The molecule has 0 atom stereocenters.